The van der Waals surface area contributed by atoms with Crippen LogP contribution < -0.4 is 5.32 Å². The average molecular weight is 389 g/mol. The summed E-state index contributed by atoms with van der Waals surface area (Å²) < 4.78 is 38.6. The Morgan fingerprint density at radius 1 is 1.00 bits per heavy atom. The maximum Gasteiger partial charge on any atom is 0.416 e. The van der Waals surface area contributed by atoms with Gasteiger partial charge in [-0.2, -0.15) is 13.2 Å². The summed E-state index contributed by atoms with van der Waals surface area (Å²) in [6.45, 7) is 0. The van der Waals surface area contributed by atoms with Crippen LogP contribution in [-0.2, 0) is 6.18 Å². The third kappa shape index (κ3) is 3.35. The van der Waals surface area contributed by atoms with Crippen molar-refractivity contribution in [1.29, 1.82) is 0 Å². The molecule has 3 aromatic rings. The van der Waals surface area contributed by atoms with Gasteiger partial charge >= 0.3 is 6.18 Å². The molecule has 28 heavy (non-hydrogen) atoms. The lowest BCUT2D eigenvalue weighted by Gasteiger charge is -2.19. The molecule has 1 saturated carbocycles. The van der Waals surface area contributed by atoms with Gasteiger partial charge in [-0.3, -0.25) is 0 Å². The van der Waals surface area contributed by atoms with Crippen molar-refractivity contribution in [2.75, 3.05) is 5.32 Å². The molecule has 5 nitrogen and oxygen atoms in total. The van der Waals surface area contributed by atoms with E-state index in [1.807, 2.05) is 12.1 Å². The number of aliphatic hydroxyl groups excluding tert-OH is 1. The van der Waals surface area contributed by atoms with Gasteiger partial charge in [-0.15, -0.1) is 10.2 Å². The molecule has 1 aliphatic carbocycles. The Labute approximate surface area is 158 Å². The quantitative estimate of drug-likeness (QED) is 0.621. The number of phenolic OH excluding ortho intramolecular Hbond substituents is 1. The maximum atomic E-state index is 12.9. The van der Waals surface area contributed by atoms with Crippen molar-refractivity contribution < 1.29 is 23.4 Å². The van der Waals surface area contributed by atoms with E-state index in [2.05, 4.69) is 15.5 Å². The molecule has 8 heteroatoms. The molecule has 1 heterocycles. The number of nitrogens with one attached hydrogen (secondary N) is 1. The fraction of sp³-hybridized carbons (Fsp3) is 0.300. The van der Waals surface area contributed by atoms with E-state index in [1.54, 1.807) is 12.1 Å². The summed E-state index contributed by atoms with van der Waals surface area (Å²) in [5.41, 5.74) is -0.469. The normalized spacial score (nSPS) is 19.9. The van der Waals surface area contributed by atoms with Gasteiger partial charge in [-0.25, -0.2) is 0 Å². The van der Waals surface area contributed by atoms with Crippen molar-refractivity contribution in [2.45, 2.75) is 37.6 Å². The summed E-state index contributed by atoms with van der Waals surface area (Å²) in [4.78, 5) is 0. The standard InChI is InChI=1S/C20H18F3N3O2/c21-20(22,23)11-8-9-14(17(28)10-11)18-12-4-1-2-5-13(12)19(26-25-18)24-15-6-3-7-16(15)27/h1-2,4-5,8-10,15-16,27-28H,3,6-7H2,(H,24,26)/t15-,16+/m0/s1. The number of aromatic hydroxyl groups is 1. The molecule has 0 aliphatic heterocycles. The molecular formula is C20H18F3N3O2. The SMILES string of the molecule is Oc1cc(C(F)(F)F)ccc1-c1nnc(N[C@H]2CCC[C@H]2O)c2ccccc12. The molecule has 1 aliphatic rings. The van der Waals surface area contributed by atoms with E-state index in [4.69, 9.17) is 0 Å². The Hall–Kier alpha value is -2.87. The molecule has 0 unspecified atom stereocenters. The summed E-state index contributed by atoms with van der Waals surface area (Å²) in [7, 11) is 0. The number of anilines is 1. The van der Waals surface area contributed by atoms with Crippen molar-refractivity contribution in [3.8, 4) is 17.0 Å². The highest BCUT2D eigenvalue weighted by molar-refractivity contribution is 6.00. The number of rotatable bonds is 3. The van der Waals surface area contributed by atoms with E-state index in [0.29, 0.717) is 28.4 Å². The average Bonchev–Trinajstić information content (AvgIpc) is 3.06. The second-order valence-corrected chi connectivity index (χ2v) is 6.92. The Morgan fingerprint density at radius 3 is 2.39 bits per heavy atom. The number of fused-ring (bicyclic) bond motifs is 1. The Balaban J connectivity index is 1.78. The van der Waals surface area contributed by atoms with Crippen LogP contribution in [0.5, 0.6) is 5.75 Å². The van der Waals surface area contributed by atoms with Crippen LogP contribution in [0.4, 0.5) is 19.0 Å². The van der Waals surface area contributed by atoms with Gasteiger partial charge < -0.3 is 15.5 Å². The predicted octanol–water partition coefficient (Wildman–Crippen LogP) is 4.35. The molecule has 0 saturated heterocycles. The first kappa shape index (κ1) is 18.5. The van der Waals surface area contributed by atoms with Crippen LogP contribution in [0.2, 0.25) is 0 Å². The number of phenols is 1. The molecule has 1 fully saturated rings. The van der Waals surface area contributed by atoms with E-state index in [-0.39, 0.29) is 11.6 Å². The van der Waals surface area contributed by atoms with Gasteiger partial charge in [0.2, 0.25) is 0 Å². The molecule has 0 spiro atoms. The lowest BCUT2D eigenvalue weighted by Crippen LogP contribution is -2.28. The highest BCUT2D eigenvalue weighted by Crippen LogP contribution is 2.39. The summed E-state index contributed by atoms with van der Waals surface area (Å²) in [5, 5.41) is 33.2. The molecule has 146 valence electrons. The van der Waals surface area contributed by atoms with Gasteiger partial charge in [0.1, 0.15) is 11.4 Å². The van der Waals surface area contributed by atoms with Crippen LogP contribution in [0.15, 0.2) is 42.5 Å². The van der Waals surface area contributed by atoms with Gasteiger partial charge in [-0.1, -0.05) is 24.3 Å². The minimum Gasteiger partial charge on any atom is -0.507 e. The number of aromatic nitrogens is 2. The van der Waals surface area contributed by atoms with E-state index in [0.717, 1.165) is 25.3 Å². The Bertz CT molecular complexity index is 1020. The first-order chi connectivity index (χ1) is 13.3. The summed E-state index contributed by atoms with van der Waals surface area (Å²) in [6, 6.07) is 9.86. The van der Waals surface area contributed by atoms with Crippen LogP contribution in [0, 0.1) is 0 Å². The highest BCUT2D eigenvalue weighted by Gasteiger charge is 2.31. The largest absolute Gasteiger partial charge is 0.507 e. The highest BCUT2D eigenvalue weighted by atomic mass is 19.4. The molecule has 3 N–H and O–H groups in total. The van der Waals surface area contributed by atoms with E-state index in [9.17, 15) is 23.4 Å². The number of alkyl halides is 3. The van der Waals surface area contributed by atoms with Crippen LogP contribution in [0.1, 0.15) is 24.8 Å². The lowest BCUT2D eigenvalue weighted by atomic mass is 10.0. The maximum absolute atomic E-state index is 12.9. The minimum absolute atomic E-state index is 0.122. The van der Waals surface area contributed by atoms with Crippen molar-refractivity contribution in [2.24, 2.45) is 0 Å². The van der Waals surface area contributed by atoms with Gasteiger partial charge in [0.25, 0.3) is 0 Å². The van der Waals surface area contributed by atoms with Crippen LogP contribution >= 0.6 is 0 Å². The van der Waals surface area contributed by atoms with Crippen molar-refractivity contribution in [3.63, 3.8) is 0 Å². The Kier molecular flexibility index (Phi) is 4.58. The third-order valence-electron chi connectivity index (χ3n) is 5.07. The second kappa shape index (κ2) is 6.94. The van der Waals surface area contributed by atoms with Gasteiger partial charge in [0, 0.05) is 16.3 Å². The van der Waals surface area contributed by atoms with Crippen molar-refractivity contribution in [1.82, 2.24) is 10.2 Å². The number of nitrogens with zero attached hydrogens (tertiary/aromatic N) is 2. The van der Waals surface area contributed by atoms with Gasteiger partial charge in [-0.05, 0) is 37.5 Å². The smallest absolute Gasteiger partial charge is 0.416 e. The van der Waals surface area contributed by atoms with Crippen LogP contribution in [-0.4, -0.2) is 32.6 Å². The minimum atomic E-state index is -4.54. The molecule has 4 rings (SSSR count). The number of hydrogen-bond donors (Lipinski definition) is 3. The van der Waals surface area contributed by atoms with E-state index < -0.39 is 23.6 Å². The summed E-state index contributed by atoms with van der Waals surface area (Å²) >= 11 is 0. The number of hydrogen-bond acceptors (Lipinski definition) is 5. The summed E-state index contributed by atoms with van der Waals surface area (Å²) in [6.07, 6.45) is -2.54. The van der Waals surface area contributed by atoms with Crippen LogP contribution in [0.25, 0.3) is 22.0 Å². The molecular weight excluding hydrogens is 371 g/mol. The molecule has 2 atom stereocenters. The fourth-order valence-electron chi connectivity index (χ4n) is 3.60. The second-order valence-electron chi connectivity index (χ2n) is 6.92. The monoisotopic (exact) mass is 389 g/mol. The molecule has 0 amide bonds. The van der Waals surface area contributed by atoms with Gasteiger partial charge in [0.15, 0.2) is 5.82 Å². The Morgan fingerprint density at radius 2 is 1.75 bits per heavy atom. The van der Waals surface area contributed by atoms with E-state index in [1.165, 1.54) is 6.07 Å². The first-order valence-corrected chi connectivity index (χ1v) is 8.95. The number of benzene rings is 2. The fourth-order valence-corrected chi connectivity index (χ4v) is 3.60. The zero-order valence-electron chi connectivity index (χ0n) is 14.7. The predicted molar refractivity (Wildman–Crippen MR) is 98.9 cm³/mol. The topological polar surface area (TPSA) is 78.3 Å². The number of aliphatic hydroxyl groups is 1. The molecule has 1 aromatic heterocycles. The van der Waals surface area contributed by atoms with Crippen molar-refractivity contribution in [3.05, 3.63) is 48.0 Å². The zero-order valence-corrected chi connectivity index (χ0v) is 14.7. The summed E-state index contributed by atoms with van der Waals surface area (Å²) in [5.74, 6) is -0.0158. The van der Waals surface area contributed by atoms with Gasteiger partial charge in [0.05, 0.1) is 17.7 Å². The van der Waals surface area contributed by atoms with Crippen LogP contribution in [0.3, 0.4) is 0 Å². The lowest BCUT2D eigenvalue weighted by molar-refractivity contribution is -0.137. The van der Waals surface area contributed by atoms with Crippen molar-refractivity contribution >= 4 is 16.6 Å². The molecule has 0 radical (unpaired) electrons. The third-order valence-corrected chi connectivity index (χ3v) is 5.07. The number of halogens is 3. The zero-order chi connectivity index (χ0) is 19.9. The molecule has 0 bridgehead atoms. The first-order valence-electron chi connectivity index (χ1n) is 8.95. The molecule has 2 aromatic carbocycles. The van der Waals surface area contributed by atoms with E-state index >= 15 is 0 Å².